The van der Waals surface area contributed by atoms with Gasteiger partial charge in [0.05, 0.1) is 4.90 Å². The van der Waals surface area contributed by atoms with Crippen molar-refractivity contribution in [1.82, 2.24) is 10.0 Å². The van der Waals surface area contributed by atoms with Gasteiger partial charge in [-0.2, -0.15) is 4.72 Å². The van der Waals surface area contributed by atoms with E-state index < -0.39 is 22.0 Å². The summed E-state index contributed by atoms with van der Waals surface area (Å²) >= 11 is 0. The molecule has 1 atom stereocenters. The summed E-state index contributed by atoms with van der Waals surface area (Å²) in [6, 6.07) is 23.5. The fraction of sp³-hybridized carbons (Fsp3) is 0.167. The van der Waals surface area contributed by atoms with Crippen molar-refractivity contribution in [2.24, 2.45) is 0 Å². The number of hydrogen-bond donors (Lipinski definition) is 3. The summed E-state index contributed by atoms with van der Waals surface area (Å²) in [6.07, 6.45) is -0.295. The minimum absolute atomic E-state index is 0.0445. The van der Waals surface area contributed by atoms with E-state index in [1.165, 1.54) is 12.1 Å². The van der Waals surface area contributed by atoms with Crippen LogP contribution >= 0.6 is 0 Å². The lowest BCUT2D eigenvalue weighted by atomic mass is 10.1. The van der Waals surface area contributed by atoms with E-state index in [9.17, 15) is 23.1 Å². The van der Waals surface area contributed by atoms with E-state index >= 15 is 0 Å². The number of benzene rings is 3. The van der Waals surface area contributed by atoms with Gasteiger partial charge < -0.3 is 10.4 Å². The SMILES string of the molecule is O=C(CCC(NS(=O)(=O)c1ccc(-c2ccccc2)cc1)C(=O)O)NCc1ccccc1. The number of carbonyl (C=O) groups is 2. The number of carboxylic acids is 1. The first-order chi connectivity index (χ1) is 15.3. The third kappa shape index (κ3) is 6.50. The van der Waals surface area contributed by atoms with E-state index in [0.717, 1.165) is 16.7 Å². The normalized spacial score (nSPS) is 12.1. The van der Waals surface area contributed by atoms with E-state index in [2.05, 4.69) is 10.0 Å². The second-order valence-corrected chi connectivity index (χ2v) is 8.92. The molecule has 0 bridgehead atoms. The number of aliphatic carboxylic acids is 1. The minimum Gasteiger partial charge on any atom is -0.480 e. The summed E-state index contributed by atoms with van der Waals surface area (Å²) in [6.45, 7) is 0.316. The summed E-state index contributed by atoms with van der Waals surface area (Å²) in [5.41, 5.74) is 2.69. The average molecular weight is 453 g/mol. The molecule has 0 aliphatic heterocycles. The highest BCUT2D eigenvalue weighted by molar-refractivity contribution is 7.89. The summed E-state index contributed by atoms with van der Waals surface area (Å²) in [7, 11) is -4.07. The van der Waals surface area contributed by atoms with Gasteiger partial charge in [-0.25, -0.2) is 8.42 Å². The molecule has 166 valence electrons. The number of amides is 1. The Morgan fingerprint density at radius 3 is 1.97 bits per heavy atom. The van der Waals surface area contributed by atoms with Crippen LogP contribution in [0.3, 0.4) is 0 Å². The molecule has 0 fully saturated rings. The summed E-state index contributed by atoms with van der Waals surface area (Å²) in [5, 5.41) is 12.1. The van der Waals surface area contributed by atoms with Crippen LogP contribution in [-0.4, -0.2) is 31.4 Å². The Labute approximate surface area is 187 Å². The van der Waals surface area contributed by atoms with E-state index in [-0.39, 0.29) is 23.6 Å². The molecule has 0 radical (unpaired) electrons. The molecule has 3 aromatic rings. The van der Waals surface area contributed by atoms with Crippen LogP contribution < -0.4 is 10.0 Å². The number of nitrogens with one attached hydrogen (secondary N) is 2. The molecule has 1 amide bonds. The molecular weight excluding hydrogens is 428 g/mol. The average Bonchev–Trinajstić information content (AvgIpc) is 2.81. The van der Waals surface area contributed by atoms with Crippen LogP contribution in [0.1, 0.15) is 18.4 Å². The second kappa shape index (κ2) is 10.7. The van der Waals surface area contributed by atoms with Gasteiger partial charge >= 0.3 is 5.97 Å². The van der Waals surface area contributed by atoms with Gasteiger partial charge in [0.1, 0.15) is 6.04 Å². The van der Waals surface area contributed by atoms with Crippen LogP contribution in [-0.2, 0) is 26.2 Å². The zero-order valence-electron chi connectivity index (χ0n) is 17.3. The highest BCUT2D eigenvalue weighted by atomic mass is 32.2. The molecule has 0 saturated carbocycles. The first-order valence-electron chi connectivity index (χ1n) is 10.1. The third-order valence-electron chi connectivity index (χ3n) is 4.86. The van der Waals surface area contributed by atoms with Crippen LogP contribution in [0, 0.1) is 0 Å². The summed E-state index contributed by atoms with van der Waals surface area (Å²) < 4.78 is 27.5. The topological polar surface area (TPSA) is 113 Å². The Morgan fingerprint density at radius 2 is 1.38 bits per heavy atom. The molecular formula is C24H24N2O5S. The van der Waals surface area contributed by atoms with E-state index in [1.807, 2.05) is 60.7 Å². The maximum atomic E-state index is 12.7. The van der Waals surface area contributed by atoms with Gasteiger partial charge in [0.15, 0.2) is 0 Å². The van der Waals surface area contributed by atoms with Crippen molar-refractivity contribution in [2.75, 3.05) is 0 Å². The lowest BCUT2D eigenvalue weighted by Crippen LogP contribution is -2.41. The molecule has 0 aromatic heterocycles. The number of carboxylic acid groups (broad SMARTS) is 1. The Hall–Kier alpha value is -3.49. The highest BCUT2D eigenvalue weighted by Crippen LogP contribution is 2.21. The lowest BCUT2D eigenvalue weighted by molar-refractivity contribution is -0.139. The van der Waals surface area contributed by atoms with Gasteiger partial charge in [0.2, 0.25) is 15.9 Å². The molecule has 8 heteroatoms. The van der Waals surface area contributed by atoms with Crippen LogP contribution in [0.25, 0.3) is 11.1 Å². The maximum absolute atomic E-state index is 12.7. The van der Waals surface area contributed by atoms with Gasteiger partial charge in [0, 0.05) is 13.0 Å². The Bertz CT molecular complexity index is 1150. The maximum Gasteiger partial charge on any atom is 0.321 e. The Kier molecular flexibility index (Phi) is 7.75. The van der Waals surface area contributed by atoms with E-state index in [0.29, 0.717) is 6.54 Å². The van der Waals surface area contributed by atoms with Gasteiger partial charge in [0.25, 0.3) is 0 Å². The smallest absolute Gasteiger partial charge is 0.321 e. The first-order valence-corrected chi connectivity index (χ1v) is 11.5. The van der Waals surface area contributed by atoms with Crippen LogP contribution in [0.15, 0.2) is 89.8 Å². The first kappa shape index (κ1) is 23.2. The molecule has 3 N–H and O–H groups in total. The highest BCUT2D eigenvalue weighted by Gasteiger charge is 2.26. The zero-order valence-corrected chi connectivity index (χ0v) is 18.1. The number of hydrogen-bond acceptors (Lipinski definition) is 4. The molecule has 3 aromatic carbocycles. The molecule has 0 aliphatic rings. The summed E-state index contributed by atoms with van der Waals surface area (Å²) in [5.74, 6) is -1.70. The fourth-order valence-electron chi connectivity index (χ4n) is 3.11. The molecule has 0 spiro atoms. The third-order valence-corrected chi connectivity index (χ3v) is 6.35. The second-order valence-electron chi connectivity index (χ2n) is 7.20. The predicted molar refractivity (Wildman–Crippen MR) is 121 cm³/mol. The molecule has 0 aliphatic carbocycles. The van der Waals surface area contributed by atoms with Crippen LogP contribution in [0.5, 0.6) is 0 Å². The lowest BCUT2D eigenvalue weighted by Gasteiger charge is -2.15. The zero-order chi connectivity index (χ0) is 23.0. The van der Waals surface area contributed by atoms with Crippen molar-refractivity contribution in [3.8, 4) is 11.1 Å². The van der Waals surface area contributed by atoms with Crippen molar-refractivity contribution >= 4 is 21.9 Å². The van der Waals surface area contributed by atoms with Crippen molar-refractivity contribution in [1.29, 1.82) is 0 Å². The van der Waals surface area contributed by atoms with E-state index in [4.69, 9.17) is 0 Å². The summed E-state index contributed by atoms with van der Waals surface area (Å²) in [4.78, 5) is 23.6. The van der Waals surface area contributed by atoms with Crippen molar-refractivity contribution in [2.45, 2.75) is 30.3 Å². The van der Waals surface area contributed by atoms with E-state index in [1.54, 1.807) is 12.1 Å². The van der Waals surface area contributed by atoms with Gasteiger partial charge in [-0.1, -0.05) is 72.8 Å². The van der Waals surface area contributed by atoms with Gasteiger partial charge in [-0.15, -0.1) is 0 Å². The van der Waals surface area contributed by atoms with Crippen molar-refractivity contribution in [3.63, 3.8) is 0 Å². The molecule has 7 nitrogen and oxygen atoms in total. The van der Waals surface area contributed by atoms with Crippen molar-refractivity contribution in [3.05, 3.63) is 90.5 Å². The predicted octanol–water partition coefficient (Wildman–Crippen LogP) is 3.18. The van der Waals surface area contributed by atoms with Gasteiger partial charge in [-0.05, 0) is 35.2 Å². The molecule has 0 heterocycles. The minimum atomic E-state index is -4.07. The monoisotopic (exact) mass is 452 g/mol. The molecule has 1 unspecified atom stereocenters. The molecule has 3 rings (SSSR count). The standard InChI is InChI=1S/C24H24N2O5S/c27-23(25-17-18-7-3-1-4-8-18)16-15-22(24(28)29)26-32(30,31)21-13-11-20(12-14-21)19-9-5-2-6-10-19/h1-14,22,26H,15-17H2,(H,25,27)(H,28,29). The largest absolute Gasteiger partial charge is 0.480 e. The molecule has 0 saturated heterocycles. The van der Waals surface area contributed by atoms with Gasteiger partial charge in [-0.3, -0.25) is 9.59 Å². The van der Waals surface area contributed by atoms with Crippen LogP contribution in [0.4, 0.5) is 0 Å². The Balaban J connectivity index is 1.59. The van der Waals surface area contributed by atoms with Crippen molar-refractivity contribution < 1.29 is 23.1 Å². The fourth-order valence-corrected chi connectivity index (χ4v) is 4.33. The number of carbonyl (C=O) groups excluding carboxylic acids is 1. The number of sulfonamides is 1. The number of rotatable bonds is 10. The molecule has 32 heavy (non-hydrogen) atoms. The Morgan fingerprint density at radius 1 is 0.812 bits per heavy atom. The quantitative estimate of drug-likeness (QED) is 0.437. The van der Waals surface area contributed by atoms with Crippen LogP contribution in [0.2, 0.25) is 0 Å².